The van der Waals surface area contributed by atoms with Crippen molar-refractivity contribution in [3.63, 3.8) is 0 Å². The molecule has 2 N–H and O–H groups in total. The van der Waals surface area contributed by atoms with Crippen LogP contribution in [0.15, 0.2) is 16.7 Å². The first kappa shape index (κ1) is 11.0. The zero-order valence-corrected chi connectivity index (χ0v) is 10.3. The molecule has 1 aliphatic heterocycles. The molecule has 94 valence electrons. The summed E-state index contributed by atoms with van der Waals surface area (Å²) < 4.78 is 16.2. The predicted molar refractivity (Wildman–Crippen MR) is 66.8 cm³/mol. The van der Waals surface area contributed by atoms with Gasteiger partial charge in [-0.25, -0.2) is 0 Å². The number of nitrogens with zero attached hydrogens (tertiary/aromatic N) is 1. The molecule has 0 spiro atoms. The molecule has 0 atom stereocenters. The summed E-state index contributed by atoms with van der Waals surface area (Å²) >= 11 is 0. The number of anilines is 1. The van der Waals surface area contributed by atoms with Crippen molar-refractivity contribution < 1.29 is 14.0 Å². The third kappa shape index (κ3) is 1.59. The Bertz CT molecular complexity index is 605. The van der Waals surface area contributed by atoms with Crippen LogP contribution in [-0.4, -0.2) is 18.4 Å². The first-order valence-electron chi connectivity index (χ1n) is 5.79. The van der Waals surface area contributed by atoms with Crippen LogP contribution in [0, 0.1) is 13.8 Å². The Labute approximate surface area is 104 Å². The van der Waals surface area contributed by atoms with Gasteiger partial charge in [0.1, 0.15) is 18.9 Å². The maximum absolute atomic E-state index is 5.64. The molecular weight excluding hydrogens is 232 g/mol. The van der Waals surface area contributed by atoms with Crippen molar-refractivity contribution in [1.82, 2.24) is 5.16 Å². The first-order valence-corrected chi connectivity index (χ1v) is 5.79. The van der Waals surface area contributed by atoms with Crippen LogP contribution in [-0.2, 0) is 0 Å². The molecule has 2 heterocycles. The van der Waals surface area contributed by atoms with Gasteiger partial charge in [0.2, 0.25) is 5.88 Å². The molecule has 1 aromatic heterocycles. The first-order chi connectivity index (χ1) is 8.66. The summed E-state index contributed by atoms with van der Waals surface area (Å²) in [7, 11) is 0. The highest BCUT2D eigenvalue weighted by atomic mass is 16.6. The minimum Gasteiger partial charge on any atom is -0.486 e. The number of hydrogen-bond donors (Lipinski definition) is 1. The van der Waals surface area contributed by atoms with E-state index in [0.29, 0.717) is 24.8 Å². The van der Waals surface area contributed by atoms with Gasteiger partial charge in [-0.15, -0.1) is 0 Å². The van der Waals surface area contributed by atoms with E-state index in [2.05, 4.69) is 5.16 Å². The van der Waals surface area contributed by atoms with Gasteiger partial charge in [0.15, 0.2) is 11.5 Å². The lowest BCUT2D eigenvalue weighted by atomic mass is 9.99. The number of aromatic nitrogens is 1. The summed E-state index contributed by atoms with van der Waals surface area (Å²) in [6.07, 6.45) is 0. The molecule has 3 rings (SSSR count). The van der Waals surface area contributed by atoms with Gasteiger partial charge in [-0.2, -0.15) is 0 Å². The van der Waals surface area contributed by atoms with E-state index >= 15 is 0 Å². The molecule has 1 aliphatic rings. The molecule has 0 amide bonds. The molecular formula is C13H14N2O3. The summed E-state index contributed by atoms with van der Waals surface area (Å²) in [5, 5.41) is 3.94. The zero-order valence-electron chi connectivity index (χ0n) is 10.3. The summed E-state index contributed by atoms with van der Waals surface area (Å²) in [5.41, 5.74) is 9.37. The Hall–Kier alpha value is -2.17. The van der Waals surface area contributed by atoms with Gasteiger partial charge in [-0.3, -0.25) is 0 Å². The predicted octanol–water partition coefficient (Wildman–Crippen LogP) is 2.31. The SMILES string of the molecule is Cc1c(-c2cc(N)on2)cc2c(c1C)OCCO2. The number of ether oxygens (including phenoxy) is 2. The second kappa shape index (κ2) is 3.94. The van der Waals surface area contributed by atoms with E-state index < -0.39 is 0 Å². The maximum Gasteiger partial charge on any atom is 0.222 e. The number of hydrogen-bond acceptors (Lipinski definition) is 5. The molecule has 0 unspecified atom stereocenters. The standard InChI is InChI=1S/C13H14N2O3/c1-7-8(2)13-11(16-3-4-17-13)5-9(7)10-6-12(14)18-15-10/h5-6H,3-4,14H2,1-2H3. The van der Waals surface area contributed by atoms with Crippen LogP contribution in [0.1, 0.15) is 11.1 Å². The molecule has 0 bridgehead atoms. The van der Waals surface area contributed by atoms with E-state index in [-0.39, 0.29) is 0 Å². The van der Waals surface area contributed by atoms with Gasteiger partial charge < -0.3 is 19.7 Å². The highest BCUT2D eigenvalue weighted by Gasteiger charge is 2.20. The highest BCUT2D eigenvalue weighted by molar-refractivity contribution is 5.72. The van der Waals surface area contributed by atoms with Gasteiger partial charge in [0, 0.05) is 11.6 Å². The highest BCUT2D eigenvalue weighted by Crippen LogP contribution is 2.40. The molecule has 2 aromatic rings. The van der Waals surface area contributed by atoms with Crippen LogP contribution < -0.4 is 15.2 Å². The largest absolute Gasteiger partial charge is 0.486 e. The molecule has 5 heteroatoms. The number of nitrogens with two attached hydrogens (primary N) is 1. The molecule has 0 aliphatic carbocycles. The Balaban J connectivity index is 2.18. The molecule has 5 nitrogen and oxygen atoms in total. The fourth-order valence-corrected chi connectivity index (χ4v) is 2.13. The van der Waals surface area contributed by atoms with Crippen molar-refractivity contribution >= 4 is 5.88 Å². The molecule has 18 heavy (non-hydrogen) atoms. The molecule has 1 aromatic carbocycles. The van der Waals surface area contributed by atoms with Crippen LogP contribution in [0.5, 0.6) is 11.5 Å². The average molecular weight is 246 g/mol. The molecule has 0 radical (unpaired) electrons. The van der Waals surface area contributed by atoms with Crippen molar-refractivity contribution in [3.8, 4) is 22.8 Å². The van der Waals surface area contributed by atoms with Crippen LogP contribution in [0.25, 0.3) is 11.3 Å². The third-order valence-corrected chi connectivity index (χ3v) is 3.20. The number of rotatable bonds is 1. The smallest absolute Gasteiger partial charge is 0.222 e. The van der Waals surface area contributed by atoms with Gasteiger partial charge >= 0.3 is 0 Å². The third-order valence-electron chi connectivity index (χ3n) is 3.20. The molecule has 0 saturated heterocycles. The van der Waals surface area contributed by atoms with Crippen molar-refractivity contribution in [2.24, 2.45) is 0 Å². The number of nitrogen functional groups attached to an aromatic ring is 1. The topological polar surface area (TPSA) is 70.5 Å². The Morgan fingerprint density at radius 2 is 1.89 bits per heavy atom. The fraction of sp³-hybridized carbons (Fsp3) is 0.308. The maximum atomic E-state index is 5.64. The second-order valence-electron chi connectivity index (χ2n) is 4.31. The summed E-state index contributed by atoms with van der Waals surface area (Å²) in [5.74, 6) is 1.87. The lowest BCUT2D eigenvalue weighted by Crippen LogP contribution is -2.16. The van der Waals surface area contributed by atoms with Crippen LogP contribution in [0.2, 0.25) is 0 Å². The van der Waals surface area contributed by atoms with Crippen molar-refractivity contribution in [1.29, 1.82) is 0 Å². The molecule has 0 fully saturated rings. The van der Waals surface area contributed by atoms with Gasteiger partial charge in [-0.05, 0) is 31.0 Å². The lowest BCUT2D eigenvalue weighted by molar-refractivity contribution is 0.170. The van der Waals surface area contributed by atoms with E-state index in [1.165, 1.54) is 0 Å². The van der Waals surface area contributed by atoms with E-state index in [9.17, 15) is 0 Å². The summed E-state index contributed by atoms with van der Waals surface area (Å²) in [4.78, 5) is 0. The minimum absolute atomic E-state index is 0.303. The van der Waals surface area contributed by atoms with Gasteiger partial charge in [-0.1, -0.05) is 5.16 Å². The van der Waals surface area contributed by atoms with Gasteiger partial charge in [0.25, 0.3) is 0 Å². The normalized spacial score (nSPS) is 13.7. The summed E-state index contributed by atoms with van der Waals surface area (Å²) in [6.45, 7) is 5.18. The minimum atomic E-state index is 0.303. The van der Waals surface area contributed by atoms with Crippen LogP contribution >= 0.6 is 0 Å². The average Bonchev–Trinajstić information content (AvgIpc) is 2.80. The quantitative estimate of drug-likeness (QED) is 0.836. The lowest BCUT2D eigenvalue weighted by Gasteiger charge is -2.22. The van der Waals surface area contributed by atoms with Gasteiger partial charge in [0.05, 0.1) is 0 Å². The molecule has 0 saturated carbocycles. The number of fused-ring (bicyclic) bond motifs is 1. The van der Waals surface area contributed by atoms with E-state index in [1.54, 1.807) is 6.07 Å². The van der Waals surface area contributed by atoms with E-state index in [0.717, 1.165) is 28.2 Å². The van der Waals surface area contributed by atoms with Crippen LogP contribution in [0.4, 0.5) is 5.88 Å². The monoisotopic (exact) mass is 246 g/mol. The Morgan fingerprint density at radius 1 is 1.11 bits per heavy atom. The Morgan fingerprint density at radius 3 is 2.61 bits per heavy atom. The van der Waals surface area contributed by atoms with Crippen molar-refractivity contribution in [2.75, 3.05) is 18.9 Å². The van der Waals surface area contributed by atoms with Crippen molar-refractivity contribution in [2.45, 2.75) is 13.8 Å². The van der Waals surface area contributed by atoms with Crippen LogP contribution in [0.3, 0.4) is 0 Å². The zero-order chi connectivity index (χ0) is 12.7. The van der Waals surface area contributed by atoms with E-state index in [4.69, 9.17) is 19.7 Å². The Kier molecular flexibility index (Phi) is 2.40. The van der Waals surface area contributed by atoms with Crippen molar-refractivity contribution in [3.05, 3.63) is 23.3 Å². The number of benzene rings is 1. The van der Waals surface area contributed by atoms with E-state index in [1.807, 2.05) is 19.9 Å². The second-order valence-corrected chi connectivity index (χ2v) is 4.31. The summed E-state index contributed by atoms with van der Waals surface area (Å²) in [6, 6.07) is 3.63. The fourth-order valence-electron chi connectivity index (χ4n) is 2.13.